The molecular formula is C9H7Br2NO4. The summed E-state index contributed by atoms with van der Waals surface area (Å²) < 4.78 is 0.369. The number of benzene rings is 1. The third-order valence-electron chi connectivity index (χ3n) is 1.88. The van der Waals surface area contributed by atoms with E-state index in [4.69, 9.17) is 0 Å². The van der Waals surface area contributed by atoms with Crippen LogP contribution in [0, 0.1) is 10.1 Å². The minimum absolute atomic E-state index is 0.0783. The molecule has 1 aromatic rings. The Labute approximate surface area is 108 Å². The Morgan fingerprint density at radius 1 is 1.56 bits per heavy atom. The quantitative estimate of drug-likeness (QED) is 0.392. The predicted octanol–water partition coefficient (Wildman–Crippen LogP) is 3.03. The summed E-state index contributed by atoms with van der Waals surface area (Å²) in [5.74, 6) is -1.02. The minimum Gasteiger partial charge on any atom is -0.502 e. The van der Waals surface area contributed by atoms with Crippen LogP contribution in [0.15, 0.2) is 16.6 Å². The number of rotatable bonds is 3. The molecule has 0 aliphatic carbocycles. The summed E-state index contributed by atoms with van der Waals surface area (Å²) in [6, 6.07) is 2.49. The van der Waals surface area contributed by atoms with Crippen molar-refractivity contribution in [2.75, 3.05) is 0 Å². The Bertz CT molecular complexity index is 459. The molecule has 0 heterocycles. The van der Waals surface area contributed by atoms with Gasteiger partial charge in [-0.1, -0.05) is 31.9 Å². The summed E-state index contributed by atoms with van der Waals surface area (Å²) in [5.41, 5.74) is -0.573. The fourth-order valence-corrected chi connectivity index (χ4v) is 1.82. The molecule has 0 saturated carbocycles. The third kappa shape index (κ3) is 2.59. The molecule has 0 aliphatic heterocycles. The van der Waals surface area contributed by atoms with E-state index in [0.717, 1.165) is 6.07 Å². The fraction of sp³-hybridized carbons (Fsp3) is 0.222. The zero-order valence-electron chi connectivity index (χ0n) is 8.11. The first kappa shape index (κ1) is 13.1. The fourth-order valence-electron chi connectivity index (χ4n) is 1.13. The molecule has 0 saturated heterocycles. The van der Waals surface area contributed by atoms with Crippen molar-refractivity contribution in [3.8, 4) is 5.75 Å². The average Bonchev–Trinajstić information content (AvgIpc) is 2.19. The highest BCUT2D eigenvalue weighted by Gasteiger charge is 2.24. The minimum atomic E-state index is -0.740. The number of aromatic hydroxyl groups is 1. The summed E-state index contributed by atoms with van der Waals surface area (Å²) in [6.45, 7) is 1.58. The number of alkyl halides is 1. The number of phenols is 1. The Balaban J connectivity index is 3.41. The van der Waals surface area contributed by atoms with E-state index in [1.54, 1.807) is 6.92 Å². The van der Waals surface area contributed by atoms with Gasteiger partial charge in [-0.25, -0.2) is 0 Å². The molecule has 0 aromatic heterocycles. The topological polar surface area (TPSA) is 80.4 Å². The van der Waals surface area contributed by atoms with Crippen molar-refractivity contribution < 1.29 is 14.8 Å². The largest absolute Gasteiger partial charge is 0.502 e. The standard InChI is InChI=1S/C9H7Br2NO4/c1-4(10)8(13)6-2-5(11)3-7(9(6)14)12(15)16/h2-4,14H,1H3/t4-/m1/s1. The SMILES string of the molecule is C[C@@H](Br)C(=O)c1cc(Br)cc([N+](=O)[O-])c1O. The number of nitrogens with zero attached hydrogens (tertiary/aromatic N) is 1. The lowest BCUT2D eigenvalue weighted by atomic mass is 10.1. The molecule has 7 heteroatoms. The van der Waals surface area contributed by atoms with E-state index in [-0.39, 0.29) is 5.56 Å². The summed E-state index contributed by atoms with van der Waals surface area (Å²) in [4.78, 5) is 21.0. The van der Waals surface area contributed by atoms with Crippen LogP contribution >= 0.6 is 31.9 Å². The van der Waals surface area contributed by atoms with Gasteiger partial charge in [0.15, 0.2) is 5.78 Å². The number of carbonyl (C=O) groups is 1. The summed E-state index contributed by atoms with van der Waals surface area (Å²) in [6.07, 6.45) is 0. The van der Waals surface area contributed by atoms with Gasteiger partial charge in [-0.2, -0.15) is 0 Å². The van der Waals surface area contributed by atoms with Crippen LogP contribution in [0.1, 0.15) is 17.3 Å². The highest BCUT2D eigenvalue weighted by atomic mass is 79.9. The first-order valence-electron chi connectivity index (χ1n) is 4.19. The highest BCUT2D eigenvalue weighted by Crippen LogP contribution is 2.34. The van der Waals surface area contributed by atoms with Crippen LogP contribution in [0.4, 0.5) is 5.69 Å². The molecule has 0 radical (unpaired) electrons. The predicted molar refractivity (Wildman–Crippen MR) is 65.2 cm³/mol. The van der Waals surface area contributed by atoms with Gasteiger partial charge in [0.05, 0.1) is 15.3 Å². The summed E-state index contributed by atoms with van der Waals surface area (Å²) in [5, 5.41) is 20.2. The van der Waals surface area contributed by atoms with Crippen molar-refractivity contribution >= 4 is 43.3 Å². The first-order chi connectivity index (χ1) is 7.34. The van der Waals surface area contributed by atoms with Crippen LogP contribution in [0.3, 0.4) is 0 Å². The van der Waals surface area contributed by atoms with E-state index in [1.807, 2.05) is 0 Å². The van der Waals surface area contributed by atoms with E-state index in [9.17, 15) is 20.0 Å². The highest BCUT2D eigenvalue weighted by molar-refractivity contribution is 9.10. The van der Waals surface area contributed by atoms with E-state index in [0.29, 0.717) is 4.47 Å². The Morgan fingerprint density at radius 2 is 2.12 bits per heavy atom. The molecule has 0 fully saturated rings. The number of carbonyl (C=O) groups excluding carboxylic acids is 1. The van der Waals surface area contributed by atoms with Crippen LogP contribution in [0.25, 0.3) is 0 Å². The van der Waals surface area contributed by atoms with Crippen molar-refractivity contribution in [2.24, 2.45) is 0 Å². The lowest BCUT2D eigenvalue weighted by Crippen LogP contribution is -2.10. The number of halogens is 2. The molecule has 1 aromatic carbocycles. The van der Waals surface area contributed by atoms with Crippen LogP contribution in [0.2, 0.25) is 0 Å². The Morgan fingerprint density at radius 3 is 2.56 bits per heavy atom. The van der Waals surface area contributed by atoms with E-state index in [2.05, 4.69) is 31.9 Å². The zero-order valence-corrected chi connectivity index (χ0v) is 11.3. The van der Waals surface area contributed by atoms with Crippen LogP contribution in [-0.2, 0) is 0 Å². The van der Waals surface area contributed by atoms with Gasteiger partial charge in [-0.3, -0.25) is 14.9 Å². The van der Waals surface area contributed by atoms with Crippen LogP contribution < -0.4 is 0 Å². The maximum Gasteiger partial charge on any atom is 0.312 e. The van der Waals surface area contributed by atoms with Crippen molar-refractivity contribution in [3.63, 3.8) is 0 Å². The molecule has 5 nitrogen and oxygen atoms in total. The number of ketones is 1. The number of Topliss-reactive ketones (excluding diaryl/α,β-unsaturated/α-hetero) is 1. The third-order valence-corrected chi connectivity index (χ3v) is 2.75. The molecule has 0 amide bonds. The number of hydrogen-bond donors (Lipinski definition) is 1. The smallest absolute Gasteiger partial charge is 0.312 e. The molecular weight excluding hydrogens is 346 g/mol. The maximum atomic E-state index is 11.6. The van der Waals surface area contributed by atoms with E-state index in [1.165, 1.54) is 6.07 Å². The van der Waals surface area contributed by atoms with E-state index < -0.39 is 27.0 Å². The lowest BCUT2D eigenvalue weighted by Gasteiger charge is -2.06. The number of nitro benzene ring substituents is 1. The Hall–Kier alpha value is -0.950. The van der Waals surface area contributed by atoms with E-state index >= 15 is 0 Å². The molecule has 16 heavy (non-hydrogen) atoms. The molecule has 1 N–H and O–H groups in total. The molecule has 1 rings (SSSR count). The second kappa shape index (κ2) is 4.92. The van der Waals surface area contributed by atoms with Gasteiger partial charge in [0.1, 0.15) is 0 Å². The second-order valence-electron chi connectivity index (χ2n) is 3.06. The number of hydrogen-bond acceptors (Lipinski definition) is 4. The van der Waals surface area contributed by atoms with Gasteiger partial charge in [0.2, 0.25) is 5.75 Å². The second-order valence-corrected chi connectivity index (χ2v) is 5.35. The van der Waals surface area contributed by atoms with Crippen molar-refractivity contribution in [1.82, 2.24) is 0 Å². The van der Waals surface area contributed by atoms with Gasteiger partial charge >= 0.3 is 5.69 Å². The van der Waals surface area contributed by atoms with Gasteiger partial charge in [0, 0.05) is 10.5 Å². The van der Waals surface area contributed by atoms with Crippen LogP contribution in [-0.4, -0.2) is 20.6 Å². The number of phenolic OH excluding ortho intramolecular Hbond substituents is 1. The maximum absolute atomic E-state index is 11.6. The average molecular weight is 353 g/mol. The van der Waals surface area contributed by atoms with Crippen molar-refractivity contribution in [1.29, 1.82) is 0 Å². The normalized spacial score (nSPS) is 12.2. The van der Waals surface area contributed by atoms with Crippen molar-refractivity contribution in [3.05, 3.63) is 32.3 Å². The molecule has 0 bridgehead atoms. The van der Waals surface area contributed by atoms with Crippen molar-refractivity contribution in [2.45, 2.75) is 11.8 Å². The lowest BCUT2D eigenvalue weighted by molar-refractivity contribution is -0.386. The molecule has 0 unspecified atom stereocenters. The van der Waals surface area contributed by atoms with Crippen LogP contribution in [0.5, 0.6) is 5.75 Å². The molecule has 86 valence electrons. The van der Waals surface area contributed by atoms with Gasteiger partial charge in [-0.05, 0) is 13.0 Å². The summed E-state index contributed by atoms with van der Waals surface area (Å²) >= 11 is 6.10. The monoisotopic (exact) mass is 351 g/mol. The molecule has 0 spiro atoms. The van der Waals surface area contributed by atoms with Gasteiger partial charge in [0.25, 0.3) is 0 Å². The summed E-state index contributed by atoms with van der Waals surface area (Å²) in [7, 11) is 0. The Kier molecular flexibility index (Phi) is 4.03. The van der Waals surface area contributed by atoms with Gasteiger partial charge in [-0.15, -0.1) is 0 Å². The molecule has 0 aliphatic rings. The number of nitro groups is 1. The first-order valence-corrected chi connectivity index (χ1v) is 5.90. The van der Waals surface area contributed by atoms with Gasteiger partial charge < -0.3 is 5.11 Å². The molecule has 1 atom stereocenters. The zero-order chi connectivity index (χ0) is 12.5.